The molecular weight excluding hydrogens is 270 g/mol. The molecule has 2 heterocycles. The first-order chi connectivity index (χ1) is 10.2. The summed E-state index contributed by atoms with van der Waals surface area (Å²) in [7, 11) is 0. The number of anilines is 1. The van der Waals surface area contributed by atoms with Crippen molar-refractivity contribution in [1.82, 2.24) is 19.5 Å². The van der Waals surface area contributed by atoms with E-state index >= 15 is 0 Å². The van der Waals surface area contributed by atoms with Crippen LogP contribution in [0.25, 0.3) is 0 Å². The molecule has 0 radical (unpaired) electrons. The summed E-state index contributed by atoms with van der Waals surface area (Å²) < 4.78 is 1.75. The predicted octanol–water partition coefficient (Wildman–Crippen LogP) is 1.36. The molecule has 0 fully saturated rings. The molecule has 2 aromatic rings. The molecule has 0 saturated heterocycles. The summed E-state index contributed by atoms with van der Waals surface area (Å²) in [6.07, 6.45) is 9.07. The van der Waals surface area contributed by atoms with Crippen LogP contribution in [0.2, 0.25) is 0 Å². The zero-order chi connectivity index (χ0) is 14.7. The molecule has 2 aromatic heterocycles. The second kappa shape index (κ2) is 5.90. The third kappa shape index (κ3) is 3.01. The maximum absolute atomic E-state index is 10.8. The van der Waals surface area contributed by atoms with Crippen LogP contribution in [0.1, 0.15) is 34.6 Å². The van der Waals surface area contributed by atoms with E-state index in [4.69, 9.17) is 5.11 Å². The van der Waals surface area contributed by atoms with E-state index in [0.29, 0.717) is 13.1 Å². The van der Waals surface area contributed by atoms with Crippen LogP contribution in [0.5, 0.6) is 0 Å². The first-order valence-electron chi connectivity index (χ1n) is 7.06. The van der Waals surface area contributed by atoms with Crippen LogP contribution in [0.4, 0.5) is 5.82 Å². The van der Waals surface area contributed by atoms with Crippen LogP contribution in [-0.2, 0) is 19.4 Å². The van der Waals surface area contributed by atoms with E-state index in [1.165, 1.54) is 30.9 Å². The Morgan fingerprint density at radius 2 is 2.14 bits per heavy atom. The van der Waals surface area contributed by atoms with E-state index < -0.39 is 5.97 Å². The lowest BCUT2D eigenvalue weighted by Crippen LogP contribution is -2.15. The minimum absolute atomic E-state index is 0.0643. The first kappa shape index (κ1) is 13.5. The number of hydrogen-bond donors (Lipinski definition) is 2. The molecule has 0 aromatic carbocycles. The number of carbonyl (C=O) groups is 1. The molecule has 0 aliphatic heterocycles. The van der Waals surface area contributed by atoms with E-state index in [0.717, 1.165) is 24.4 Å². The molecule has 0 spiro atoms. The molecule has 2 N–H and O–H groups in total. The van der Waals surface area contributed by atoms with E-state index in [9.17, 15) is 4.79 Å². The molecule has 0 saturated carbocycles. The van der Waals surface area contributed by atoms with Crippen molar-refractivity contribution in [1.29, 1.82) is 0 Å². The highest BCUT2D eigenvalue weighted by molar-refractivity contribution is 5.84. The molecule has 0 atom stereocenters. The fourth-order valence-electron chi connectivity index (χ4n) is 2.57. The van der Waals surface area contributed by atoms with Gasteiger partial charge in [-0.3, -0.25) is 0 Å². The number of rotatable bonds is 5. The van der Waals surface area contributed by atoms with Gasteiger partial charge in [0.1, 0.15) is 12.1 Å². The Bertz CT molecular complexity index is 653. The second-order valence-electron chi connectivity index (χ2n) is 5.08. The molecule has 7 nitrogen and oxygen atoms in total. The van der Waals surface area contributed by atoms with E-state index in [-0.39, 0.29) is 5.69 Å². The van der Waals surface area contributed by atoms with Crippen molar-refractivity contribution in [3.63, 3.8) is 0 Å². The molecule has 0 amide bonds. The largest absolute Gasteiger partial charge is 0.476 e. The van der Waals surface area contributed by atoms with Crippen molar-refractivity contribution in [3.05, 3.63) is 35.8 Å². The van der Waals surface area contributed by atoms with Crippen molar-refractivity contribution in [2.45, 2.75) is 32.2 Å². The number of carboxylic acids is 1. The third-order valence-electron chi connectivity index (χ3n) is 3.64. The van der Waals surface area contributed by atoms with Gasteiger partial charge in [-0.1, -0.05) is 0 Å². The minimum Gasteiger partial charge on any atom is -0.476 e. The van der Waals surface area contributed by atoms with Gasteiger partial charge in [-0.2, -0.15) is 0 Å². The normalized spacial score (nSPS) is 13.7. The number of aromatic nitrogens is 4. The number of hydrogen-bond acceptors (Lipinski definition) is 5. The Morgan fingerprint density at radius 3 is 2.95 bits per heavy atom. The number of nitrogens with zero attached hydrogens (tertiary/aromatic N) is 4. The quantitative estimate of drug-likeness (QED) is 0.862. The lowest BCUT2D eigenvalue weighted by atomic mass is 9.96. The topological polar surface area (TPSA) is 92.9 Å². The van der Waals surface area contributed by atoms with Crippen LogP contribution in [-0.4, -0.2) is 37.1 Å². The van der Waals surface area contributed by atoms with E-state index in [1.807, 2.05) is 0 Å². The van der Waals surface area contributed by atoms with Crippen LogP contribution in [0.3, 0.4) is 0 Å². The van der Waals surface area contributed by atoms with E-state index in [2.05, 4.69) is 20.3 Å². The number of aromatic carboxylic acids is 1. The van der Waals surface area contributed by atoms with Gasteiger partial charge in [0.2, 0.25) is 0 Å². The fourth-order valence-corrected chi connectivity index (χ4v) is 2.57. The molecule has 0 unspecified atom stereocenters. The minimum atomic E-state index is -1.01. The first-order valence-corrected chi connectivity index (χ1v) is 7.06. The molecular formula is C14H17N5O2. The lowest BCUT2D eigenvalue weighted by molar-refractivity contribution is 0.0691. The average Bonchev–Trinajstić information content (AvgIpc) is 2.97. The van der Waals surface area contributed by atoms with Gasteiger partial charge in [-0.25, -0.2) is 19.7 Å². The molecule has 1 aliphatic carbocycles. The molecule has 110 valence electrons. The van der Waals surface area contributed by atoms with Crippen LogP contribution >= 0.6 is 0 Å². The van der Waals surface area contributed by atoms with Gasteiger partial charge in [0.05, 0.1) is 6.33 Å². The number of carboxylic acid groups (broad SMARTS) is 1. The van der Waals surface area contributed by atoms with Gasteiger partial charge in [0.15, 0.2) is 5.69 Å². The summed E-state index contributed by atoms with van der Waals surface area (Å²) in [4.78, 5) is 23.2. The third-order valence-corrected chi connectivity index (χ3v) is 3.64. The Balaban J connectivity index is 1.61. The summed E-state index contributed by atoms with van der Waals surface area (Å²) in [6, 6.07) is 0. The Labute approximate surface area is 122 Å². The van der Waals surface area contributed by atoms with Crippen molar-refractivity contribution >= 4 is 11.8 Å². The Morgan fingerprint density at radius 1 is 1.29 bits per heavy atom. The monoisotopic (exact) mass is 287 g/mol. The van der Waals surface area contributed by atoms with Gasteiger partial charge >= 0.3 is 5.97 Å². The van der Waals surface area contributed by atoms with Crippen molar-refractivity contribution in [2.24, 2.45) is 0 Å². The van der Waals surface area contributed by atoms with Gasteiger partial charge in [0, 0.05) is 30.5 Å². The highest BCUT2D eigenvalue weighted by Gasteiger charge is 2.15. The summed E-state index contributed by atoms with van der Waals surface area (Å²) in [5.41, 5.74) is 2.43. The SMILES string of the molecule is O=C(O)c1cn(CCNc2ncnc3c2CCCC3)cn1. The predicted molar refractivity (Wildman–Crippen MR) is 76.4 cm³/mol. The standard InChI is InChI=1S/C14H17N5O2/c20-14(21)12-7-19(9-18-12)6-5-15-13-10-3-1-2-4-11(10)16-8-17-13/h7-9H,1-6H2,(H,20,21)(H,15,16,17). The summed E-state index contributed by atoms with van der Waals surface area (Å²) in [5, 5.41) is 12.1. The molecule has 1 aliphatic rings. The number of nitrogens with one attached hydrogen (secondary N) is 1. The average molecular weight is 287 g/mol. The van der Waals surface area contributed by atoms with Gasteiger partial charge < -0.3 is 15.0 Å². The zero-order valence-electron chi connectivity index (χ0n) is 11.6. The number of fused-ring (bicyclic) bond motifs is 1. The highest BCUT2D eigenvalue weighted by Crippen LogP contribution is 2.24. The summed E-state index contributed by atoms with van der Waals surface area (Å²) in [6.45, 7) is 1.30. The van der Waals surface area contributed by atoms with Crippen molar-refractivity contribution in [2.75, 3.05) is 11.9 Å². The summed E-state index contributed by atoms with van der Waals surface area (Å²) in [5.74, 6) is -0.107. The van der Waals surface area contributed by atoms with Crippen LogP contribution < -0.4 is 5.32 Å². The van der Waals surface area contributed by atoms with Crippen molar-refractivity contribution < 1.29 is 9.90 Å². The van der Waals surface area contributed by atoms with Crippen LogP contribution in [0.15, 0.2) is 18.9 Å². The fraction of sp³-hybridized carbons (Fsp3) is 0.429. The molecule has 21 heavy (non-hydrogen) atoms. The Hall–Kier alpha value is -2.44. The lowest BCUT2D eigenvalue weighted by Gasteiger charge is -2.18. The Kier molecular flexibility index (Phi) is 3.81. The maximum Gasteiger partial charge on any atom is 0.356 e. The van der Waals surface area contributed by atoms with Gasteiger partial charge in [-0.05, 0) is 25.7 Å². The second-order valence-corrected chi connectivity index (χ2v) is 5.08. The number of imidazole rings is 1. The summed E-state index contributed by atoms with van der Waals surface area (Å²) >= 11 is 0. The van der Waals surface area contributed by atoms with Gasteiger partial charge in [-0.15, -0.1) is 0 Å². The van der Waals surface area contributed by atoms with Gasteiger partial charge in [0.25, 0.3) is 0 Å². The maximum atomic E-state index is 10.8. The highest BCUT2D eigenvalue weighted by atomic mass is 16.4. The number of aryl methyl sites for hydroxylation is 1. The van der Waals surface area contributed by atoms with Crippen molar-refractivity contribution in [3.8, 4) is 0 Å². The smallest absolute Gasteiger partial charge is 0.356 e. The van der Waals surface area contributed by atoms with E-state index in [1.54, 1.807) is 10.9 Å². The molecule has 3 rings (SSSR count). The molecule has 0 bridgehead atoms. The zero-order valence-corrected chi connectivity index (χ0v) is 11.6. The van der Waals surface area contributed by atoms with Crippen LogP contribution in [0, 0.1) is 0 Å². The molecule has 7 heteroatoms.